The monoisotopic (exact) mass is 409 g/mol. The molecule has 10 heteroatoms. The van der Waals surface area contributed by atoms with E-state index in [1.807, 2.05) is 0 Å². The van der Waals surface area contributed by atoms with E-state index in [0.717, 1.165) is 17.4 Å². The van der Waals surface area contributed by atoms with E-state index in [1.165, 1.54) is 13.1 Å². The molecule has 1 amide bonds. The smallest absolute Gasteiger partial charge is 0.328 e. The fraction of sp³-hybridized carbons (Fsp3) is 0.684. The number of aliphatic carboxylic acids is 1. The van der Waals surface area contributed by atoms with Gasteiger partial charge in [0.1, 0.15) is 6.10 Å². The first-order valence-corrected chi connectivity index (χ1v) is 9.81. The number of amides is 1. The van der Waals surface area contributed by atoms with Crippen molar-refractivity contribution in [2.45, 2.75) is 76.2 Å². The summed E-state index contributed by atoms with van der Waals surface area (Å²) < 4.78 is 1.13. The first kappa shape index (κ1) is 21.3. The number of nitrogens with zero attached hydrogens (tertiary/aromatic N) is 1. The highest BCUT2D eigenvalue weighted by atomic mass is 16.4. The molecule has 10 nitrogen and oxygen atoms in total. The number of carboxylic acid groups (broad SMARTS) is 1. The largest absolute Gasteiger partial charge is 0.481 e. The minimum absolute atomic E-state index is 0.0358. The number of aliphatic hydroxyl groups excluding tert-OH is 2. The van der Waals surface area contributed by atoms with Crippen LogP contribution in [0.2, 0.25) is 0 Å². The van der Waals surface area contributed by atoms with Crippen molar-refractivity contribution < 1.29 is 24.9 Å². The Bertz CT molecular complexity index is 900. The second-order valence-corrected chi connectivity index (χ2v) is 8.39. The predicted molar refractivity (Wildman–Crippen MR) is 101 cm³/mol. The molecule has 0 saturated heterocycles. The molecule has 2 aliphatic carbocycles. The van der Waals surface area contributed by atoms with E-state index in [-0.39, 0.29) is 30.7 Å². The van der Waals surface area contributed by atoms with E-state index in [9.17, 15) is 34.5 Å². The third kappa shape index (κ3) is 4.43. The number of carboxylic acids is 1. The summed E-state index contributed by atoms with van der Waals surface area (Å²) in [7, 11) is 0. The Hall–Kier alpha value is -2.46. The molecule has 1 heterocycles. The van der Waals surface area contributed by atoms with Crippen LogP contribution in [-0.2, 0) is 9.59 Å². The first-order valence-electron chi connectivity index (χ1n) is 9.81. The Labute approximate surface area is 166 Å². The Balaban J connectivity index is 1.81. The summed E-state index contributed by atoms with van der Waals surface area (Å²) in [6.07, 6.45) is 1.89. The van der Waals surface area contributed by atoms with Gasteiger partial charge in [0.15, 0.2) is 0 Å². The number of aryl methyl sites for hydroxylation is 1. The SMILES string of the molecule is Cc1cn([C@@H]2[C@@H](O)[C@@H](O)C[C@@H]2NC(=O)CC2(CC(=O)O)CCCC2)c(=O)[nH]c1=O. The molecule has 29 heavy (non-hydrogen) atoms. The Morgan fingerprint density at radius 2 is 1.90 bits per heavy atom. The molecule has 0 aromatic carbocycles. The summed E-state index contributed by atoms with van der Waals surface area (Å²) in [5.74, 6) is -1.32. The maximum atomic E-state index is 12.7. The molecule has 2 fully saturated rings. The van der Waals surface area contributed by atoms with E-state index in [0.29, 0.717) is 12.8 Å². The molecule has 1 aromatic heterocycles. The minimum atomic E-state index is -1.30. The third-order valence-corrected chi connectivity index (χ3v) is 6.19. The average molecular weight is 409 g/mol. The zero-order valence-electron chi connectivity index (χ0n) is 16.3. The lowest BCUT2D eigenvalue weighted by Crippen LogP contribution is -2.46. The van der Waals surface area contributed by atoms with Gasteiger partial charge in [-0.2, -0.15) is 0 Å². The molecular weight excluding hydrogens is 382 g/mol. The van der Waals surface area contributed by atoms with Crippen molar-refractivity contribution in [3.8, 4) is 0 Å². The molecule has 5 N–H and O–H groups in total. The molecule has 160 valence electrons. The number of carbonyl (C=O) groups is 2. The van der Waals surface area contributed by atoms with Crippen LogP contribution in [0, 0.1) is 12.3 Å². The van der Waals surface area contributed by atoms with Gasteiger partial charge in [-0.1, -0.05) is 12.8 Å². The van der Waals surface area contributed by atoms with Gasteiger partial charge in [-0.3, -0.25) is 23.9 Å². The normalized spacial score (nSPS) is 28.4. The predicted octanol–water partition coefficient (Wildman–Crippen LogP) is -0.578. The molecule has 2 saturated carbocycles. The molecule has 1 aromatic rings. The van der Waals surface area contributed by atoms with Gasteiger partial charge in [-0.05, 0) is 31.6 Å². The average Bonchev–Trinajstić information content (AvgIpc) is 3.16. The molecule has 0 bridgehead atoms. The second kappa shape index (κ2) is 8.11. The van der Waals surface area contributed by atoms with Gasteiger partial charge in [-0.25, -0.2) is 4.79 Å². The topological polar surface area (TPSA) is 162 Å². The summed E-state index contributed by atoms with van der Waals surface area (Å²) in [4.78, 5) is 50.0. The van der Waals surface area contributed by atoms with Gasteiger partial charge < -0.3 is 20.6 Å². The Morgan fingerprint density at radius 1 is 1.24 bits per heavy atom. The molecule has 2 aliphatic rings. The molecule has 4 atom stereocenters. The number of aromatic nitrogens is 2. The van der Waals surface area contributed by atoms with Crippen molar-refractivity contribution >= 4 is 11.9 Å². The maximum absolute atomic E-state index is 12.7. The molecular formula is C19H27N3O7. The Kier molecular flexibility index (Phi) is 5.95. The summed E-state index contributed by atoms with van der Waals surface area (Å²) in [5.41, 5.74) is -1.62. The van der Waals surface area contributed by atoms with Crippen molar-refractivity contribution in [1.29, 1.82) is 0 Å². The van der Waals surface area contributed by atoms with Crippen LogP contribution in [0.1, 0.15) is 56.6 Å². The van der Waals surface area contributed by atoms with Gasteiger partial charge >= 0.3 is 11.7 Å². The van der Waals surface area contributed by atoms with E-state index in [2.05, 4.69) is 10.3 Å². The van der Waals surface area contributed by atoms with Gasteiger partial charge in [0.2, 0.25) is 5.91 Å². The van der Waals surface area contributed by atoms with Crippen LogP contribution in [0.3, 0.4) is 0 Å². The van der Waals surface area contributed by atoms with Gasteiger partial charge in [-0.15, -0.1) is 0 Å². The van der Waals surface area contributed by atoms with Crippen molar-refractivity contribution in [3.05, 3.63) is 32.6 Å². The van der Waals surface area contributed by atoms with E-state index >= 15 is 0 Å². The zero-order chi connectivity index (χ0) is 21.3. The van der Waals surface area contributed by atoms with E-state index in [4.69, 9.17) is 0 Å². The fourth-order valence-corrected chi connectivity index (χ4v) is 4.78. The number of H-pyrrole nitrogens is 1. The van der Waals surface area contributed by atoms with Crippen LogP contribution in [0.15, 0.2) is 15.8 Å². The van der Waals surface area contributed by atoms with E-state index in [1.54, 1.807) is 0 Å². The molecule has 0 radical (unpaired) electrons. The fourth-order valence-electron chi connectivity index (χ4n) is 4.78. The zero-order valence-corrected chi connectivity index (χ0v) is 16.3. The lowest BCUT2D eigenvalue weighted by atomic mass is 9.79. The number of aromatic amines is 1. The van der Waals surface area contributed by atoms with Crippen LogP contribution in [0.25, 0.3) is 0 Å². The van der Waals surface area contributed by atoms with Crippen molar-refractivity contribution in [1.82, 2.24) is 14.9 Å². The second-order valence-electron chi connectivity index (χ2n) is 8.39. The standard InChI is InChI=1S/C19H27N3O7/c1-10-9-22(18(29)21-17(10)28)15-11(6-12(23)16(15)27)20-13(24)7-19(8-14(25)26)4-2-3-5-19/h9,11-12,15-16,23,27H,2-8H2,1H3,(H,20,24)(H,25,26)(H,21,28,29)/t11-,12-,15-,16-/m0/s1. The highest BCUT2D eigenvalue weighted by molar-refractivity contribution is 5.78. The number of hydrogen-bond acceptors (Lipinski definition) is 6. The number of nitrogens with one attached hydrogen (secondary N) is 2. The third-order valence-electron chi connectivity index (χ3n) is 6.19. The van der Waals surface area contributed by atoms with Crippen molar-refractivity contribution in [2.75, 3.05) is 0 Å². The van der Waals surface area contributed by atoms with Crippen LogP contribution in [0.4, 0.5) is 0 Å². The van der Waals surface area contributed by atoms with E-state index < -0.39 is 46.9 Å². The highest BCUT2D eigenvalue weighted by Gasteiger charge is 2.45. The lowest BCUT2D eigenvalue weighted by molar-refractivity contribution is -0.140. The summed E-state index contributed by atoms with van der Waals surface area (Å²) in [5, 5.41) is 32.5. The number of rotatable bonds is 6. The molecule has 0 aliphatic heterocycles. The summed E-state index contributed by atoms with van der Waals surface area (Å²) in [6.45, 7) is 1.51. The maximum Gasteiger partial charge on any atom is 0.328 e. The number of aliphatic hydroxyl groups is 2. The molecule has 3 rings (SSSR count). The number of carbonyl (C=O) groups excluding carboxylic acids is 1. The highest BCUT2D eigenvalue weighted by Crippen LogP contribution is 2.44. The Morgan fingerprint density at radius 3 is 2.52 bits per heavy atom. The molecule has 0 spiro atoms. The van der Waals surface area contributed by atoms with Gasteiger partial charge in [0, 0.05) is 18.2 Å². The van der Waals surface area contributed by atoms with Crippen molar-refractivity contribution in [3.63, 3.8) is 0 Å². The summed E-state index contributed by atoms with van der Waals surface area (Å²) in [6, 6.07) is -1.69. The van der Waals surface area contributed by atoms with Gasteiger partial charge in [0.25, 0.3) is 5.56 Å². The van der Waals surface area contributed by atoms with Crippen LogP contribution in [-0.4, -0.2) is 55.0 Å². The van der Waals surface area contributed by atoms with Crippen LogP contribution < -0.4 is 16.6 Å². The lowest BCUT2D eigenvalue weighted by Gasteiger charge is -2.29. The van der Waals surface area contributed by atoms with Crippen molar-refractivity contribution in [2.24, 2.45) is 5.41 Å². The number of hydrogen-bond donors (Lipinski definition) is 5. The summed E-state index contributed by atoms with van der Waals surface area (Å²) >= 11 is 0. The quantitative estimate of drug-likeness (QED) is 0.420. The minimum Gasteiger partial charge on any atom is -0.481 e. The molecule has 0 unspecified atom stereocenters. The first-order chi connectivity index (χ1) is 13.6. The van der Waals surface area contributed by atoms with Crippen LogP contribution in [0.5, 0.6) is 0 Å². The van der Waals surface area contributed by atoms with Gasteiger partial charge in [0.05, 0.1) is 24.6 Å². The van der Waals surface area contributed by atoms with Crippen LogP contribution >= 0.6 is 0 Å².